The first-order valence-corrected chi connectivity index (χ1v) is 10.9. The van der Waals surface area contributed by atoms with Gasteiger partial charge in [-0.3, -0.25) is 9.80 Å². The first-order valence-electron chi connectivity index (χ1n) is 10.9. The molecule has 1 N–H and O–H groups in total. The van der Waals surface area contributed by atoms with Gasteiger partial charge in [0.05, 0.1) is 11.3 Å². The molecule has 0 atom stereocenters. The maximum absolute atomic E-state index is 10.6. The average Bonchev–Trinajstić information content (AvgIpc) is 3.21. The topological polar surface area (TPSA) is 52.7 Å². The Kier molecular flexibility index (Phi) is 5.69. The summed E-state index contributed by atoms with van der Waals surface area (Å²) in [6.07, 6.45) is 0.718. The highest BCUT2D eigenvalue weighted by Crippen LogP contribution is 2.31. The van der Waals surface area contributed by atoms with Crippen molar-refractivity contribution in [3.8, 4) is 5.75 Å². The molecule has 1 aromatic heterocycles. The molecule has 0 spiro atoms. The average molecular weight is 414 g/mol. The molecular weight excluding hydrogens is 386 g/mol. The first-order chi connectivity index (χ1) is 15.3. The minimum atomic E-state index is 0.279. The Bertz CT molecular complexity index is 1130. The summed E-state index contributed by atoms with van der Waals surface area (Å²) in [5, 5.41) is 15.9. The van der Waals surface area contributed by atoms with Crippen molar-refractivity contribution < 1.29 is 9.63 Å². The molecule has 2 heterocycles. The van der Waals surface area contributed by atoms with Gasteiger partial charge in [-0.15, -0.1) is 0 Å². The highest BCUT2D eigenvalue weighted by atomic mass is 16.5. The molecule has 5 rings (SSSR count). The lowest BCUT2D eigenvalue weighted by molar-refractivity contribution is 0.121. The van der Waals surface area contributed by atoms with E-state index >= 15 is 0 Å². The zero-order chi connectivity index (χ0) is 21.0. The summed E-state index contributed by atoms with van der Waals surface area (Å²) in [7, 11) is 0. The van der Waals surface area contributed by atoms with Crippen LogP contribution in [0.4, 0.5) is 0 Å². The number of rotatable bonds is 6. The van der Waals surface area contributed by atoms with Crippen molar-refractivity contribution in [2.45, 2.75) is 19.5 Å². The predicted octanol–water partition coefficient (Wildman–Crippen LogP) is 4.44. The van der Waals surface area contributed by atoms with Crippen LogP contribution >= 0.6 is 0 Å². The van der Waals surface area contributed by atoms with Crippen LogP contribution in [0, 0.1) is 0 Å². The molecule has 31 heavy (non-hydrogen) atoms. The van der Waals surface area contributed by atoms with Gasteiger partial charge >= 0.3 is 0 Å². The molecule has 1 saturated heterocycles. The summed E-state index contributed by atoms with van der Waals surface area (Å²) in [5.74, 6) is 0.279. The van der Waals surface area contributed by atoms with Crippen LogP contribution < -0.4 is 0 Å². The third-order valence-corrected chi connectivity index (χ3v) is 6.10. The van der Waals surface area contributed by atoms with Crippen LogP contribution in [-0.4, -0.2) is 46.2 Å². The third-order valence-electron chi connectivity index (χ3n) is 6.10. The van der Waals surface area contributed by atoms with Crippen LogP contribution in [0.15, 0.2) is 77.3 Å². The lowest BCUT2D eigenvalue weighted by atomic mass is 10.0. The van der Waals surface area contributed by atoms with Crippen molar-refractivity contribution in [1.82, 2.24) is 15.0 Å². The van der Waals surface area contributed by atoms with Crippen molar-refractivity contribution in [2.75, 3.05) is 26.2 Å². The van der Waals surface area contributed by atoms with E-state index in [1.165, 1.54) is 11.1 Å². The second-order valence-electron chi connectivity index (χ2n) is 8.27. The Morgan fingerprint density at radius 1 is 0.742 bits per heavy atom. The number of aromatic hydroxyl groups is 1. The van der Waals surface area contributed by atoms with Crippen LogP contribution in [0.25, 0.3) is 11.0 Å². The molecule has 1 aliphatic rings. The van der Waals surface area contributed by atoms with Gasteiger partial charge in [-0.1, -0.05) is 65.8 Å². The lowest BCUT2D eigenvalue weighted by Gasteiger charge is -2.34. The number of phenolic OH excluding ortho intramolecular Hbond substituents is 1. The van der Waals surface area contributed by atoms with E-state index in [2.05, 4.69) is 57.4 Å². The number of hydrogen-bond acceptors (Lipinski definition) is 5. The number of fused-ring (bicyclic) bond motifs is 1. The van der Waals surface area contributed by atoms with E-state index in [9.17, 15) is 5.11 Å². The standard InChI is InChI=1S/C26H27N3O2/c30-25-12-11-22-24(17-20-7-3-1-4-8-20)27-31-26(22)23(25)19-29-15-13-28(14-16-29)18-21-9-5-2-6-10-21/h1-12,30H,13-19H2. The van der Waals surface area contributed by atoms with Gasteiger partial charge < -0.3 is 9.63 Å². The van der Waals surface area contributed by atoms with Crippen molar-refractivity contribution in [3.05, 3.63) is 95.2 Å². The van der Waals surface area contributed by atoms with E-state index in [1.807, 2.05) is 24.3 Å². The molecule has 158 valence electrons. The quantitative estimate of drug-likeness (QED) is 0.506. The van der Waals surface area contributed by atoms with E-state index in [0.717, 1.165) is 55.8 Å². The monoisotopic (exact) mass is 413 g/mol. The van der Waals surface area contributed by atoms with Crippen molar-refractivity contribution in [3.63, 3.8) is 0 Å². The molecule has 5 nitrogen and oxygen atoms in total. The van der Waals surface area contributed by atoms with E-state index in [1.54, 1.807) is 6.07 Å². The van der Waals surface area contributed by atoms with Crippen molar-refractivity contribution >= 4 is 11.0 Å². The molecule has 1 aliphatic heterocycles. The molecule has 3 aromatic carbocycles. The highest BCUT2D eigenvalue weighted by molar-refractivity contribution is 5.84. The lowest BCUT2D eigenvalue weighted by Crippen LogP contribution is -2.45. The molecule has 0 unspecified atom stereocenters. The molecule has 0 amide bonds. The van der Waals surface area contributed by atoms with Gasteiger partial charge in [-0.25, -0.2) is 0 Å². The highest BCUT2D eigenvalue weighted by Gasteiger charge is 2.22. The zero-order valence-electron chi connectivity index (χ0n) is 17.6. The predicted molar refractivity (Wildman–Crippen MR) is 122 cm³/mol. The van der Waals surface area contributed by atoms with Gasteiger partial charge in [-0.2, -0.15) is 0 Å². The number of aromatic nitrogens is 1. The summed E-state index contributed by atoms with van der Waals surface area (Å²) >= 11 is 0. The summed E-state index contributed by atoms with van der Waals surface area (Å²) in [6, 6.07) is 24.6. The summed E-state index contributed by atoms with van der Waals surface area (Å²) in [4.78, 5) is 4.87. The summed E-state index contributed by atoms with van der Waals surface area (Å²) < 4.78 is 5.73. The number of piperazine rings is 1. The number of hydrogen-bond donors (Lipinski definition) is 1. The molecule has 0 saturated carbocycles. The zero-order valence-corrected chi connectivity index (χ0v) is 17.6. The smallest absolute Gasteiger partial charge is 0.175 e. The van der Waals surface area contributed by atoms with Gasteiger partial charge in [0.2, 0.25) is 0 Å². The fourth-order valence-corrected chi connectivity index (χ4v) is 4.34. The molecule has 4 aromatic rings. The molecule has 0 aliphatic carbocycles. The fourth-order valence-electron chi connectivity index (χ4n) is 4.34. The molecule has 1 fully saturated rings. The Labute approximate surface area is 182 Å². The first kappa shape index (κ1) is 19.8. The van der Waals surface area contributed by atoms with Gasteiger partial charge in [0.15, 0.2) is 5.58 Å². The number of phenols is 1. The Balaban J connectivity index is 1.28. The van der Waals surface area contributed by atoms with Gasteiger partial charge in [-0.05, 0) is 23.3 Å². The molecule has 0 bridgehead atoms. The Morgan fingerprint density at radius 3 is 2.03 bits per heavy atom. The largest absolute Gasteiger partial charge is 0.507 e. The number of nitrogens with zero attached hydrogens (tertiary/aromatic N) is 3. The van der Waals surface area contributed by atoms with Crippen LogP contribution in [0.1, 0.15) is 22.4 Å². The Hall–Kier alpha value is -3.15. The van der Waals surface area contributed by atoms with Crippen LogP contribution in [0.2, 0.25) is 0 Å². The van der Waals surface area contributed by atoms with Crippen LogP contribution in [0.3, 0.4) is 0 Å². The molecule has 0 radical (unpaired) electrons. The normalized spacial score (nSPS) is 15.5. The minimum absolute atomic E-state index is 0.279. The number of benzene rings is 3. The minimum Gasteiger partial charge on any atom is -0.507 e. The second-order valence-corrected chi connectivity index (χ2v) is 8.27. The summed E-state index contributed by atoms with van der Waals surface area (Å²) in [5.41, 5.74) is 5.00. The molecule has 5 heteroatoms. The van der Waals surface area contributed by atoms with Crippen molar-refractivity contribution in [1.29, 1.82) is 0 Å². The Morgan fingerprint density at radius 2 is 1.35 bits per heavy atom. The van der Waals surface area contributed by atoms with Crippen LogP contribution in [-0.2, 0) is 19.5 Å². The van der Waals surface area contributed by atoms with E-state index in [-0.39, 0.29) is 5.75 Å². The van der Waals surface area contributed by atoms with Gasteiger partial charge in [0.1, 0.15) is 5.75 Å². The van der Waals surface area contributed by atoms with Gasteiger partial charge in [0.25, 0.3) is 0 Å². The maximum Gasteiger partial charge on any atom is 0.175 e. The van der Waals surface area contributed by atoms with Gasteiger partial charge in [0, 0.05) is 51.1 Å². The maximum atomic E-state index is 10.6. The third kappa shape index (κ3) is 4.48. The van der Waals surface area contributed by atoms with E-state index in [4.69, 9.17) is 4.52 Å². The second kappa shape index (κ2) is 8.92. The van der Waals surface area contributed by atoms with E-state index in [0.29, 0.717) is 12.1 Å². The SMILES string of the molecule is Oc1ccc2c(Cc3ccccc3)noc2c1CN1CCN(Cc2ccccc2)CC1. The van der Waals surface area contributed by atoms with Crippen molar-refractivity contribution in [2.24, 2.45) is 0 Å². The van der Waals surface area contributed by atoms with E-state index < -0.39 is 0 Å². The fraction of sp³-hybridized carbons (Fsp3) is 0.269. The van der Waals surface area contributed by atoms with Crippen LogP contribution in [0.5, 0.6) is 5.75 Å². The molecular formula is C26H27N3O2. The summed E-state index contributed by atoms with van der Waals surface area (Å²) in [6.45, 7) is 5.62.